The van der Waals surface area contributed by atoms with Gasteiger partial charge in [-0.05, 0) is 12.5 Å². The van der Waals surface area contributed by atoms with E-state index in [-0.39, 0.29) is 22.7 Å². The van der Waals surface area contributed by atoms with Gasteiger partial charge in [0, 0.05) is 28.9 Å². The Balaban J connectivity index is 3.42. The van der Waals surface area contributed by atoms with Crippen molar-refractivity contribution in [1.29, 1.82) is 0 Å². The SMILES string of the molecule is Cc1ncc(CCl)c(C=O)c1C(F)F. The van der Waals surface area contributed by atoms with Crippen molar-refractivity contribution in [3.05, 3.63) is 28.6 Å². The molecule has 0 saturated heterocycles. The molecule has 0 atom stereocenters. The smallest absolute Gasteiger partial charge is 0.266 e. The van der Waals surface area contributed by atoms with Crippen LogP contribution in [0, 0.1) is 6.92 Å². The standard InChI is InChI=1S/C9H8ClF2NO/c1-5-8(9(11)12)7(4-14)6(2-10)3-13-5/h3-4,9H,2H2,1H3. The fourth-order valence-electron chi connectivity index (χ4n) is 1.20. The fourth-order valence-corrected chi connectivity index (χ4v) is 1.42. The molecule has 14 heavy (non-hydrogen) atoms. The van der Waals surface area contributed by atoms with Gasteiger partial charge >= 0.3 is 0 Å². The normalized spacial score (nSPS) is 10.6. The average molecular weight is 220 g/mol. The minimum atomic E-state index is -2.70. The molecule has 2 nitrogen and oxygen atoms in total. The zero-order chi connectivity index (χ0) is 10.7. The lowest BCUT2D eigenvalue weighted by molar-refractivity contribution is 0.110. The van der Waals surface area contributed by atoms with E-state index in [0.717, 1.165) is 0 Å². The van der Waals surface area contributed by atoms with E-state index in [4.69, 9.17) is 11.6 Å². The van der Waals surface area contributed by atoms with Crippen LogP contribution in [0.5, 0.6) is 0 Å². The Morgan fingerprint density at radius 1 is 1.64 bits per heavy atom. The van der Waals surface area contributed by atoms with Crippen molar-refractivity contribution in [3.63, 3.8) is 0 Å². The van der Waals surface area contributed by atoms with E-state index in [0.29, 0.717) is 11.8 Å². The fraction of sp³-hybridized carbons (Fsp3) is 0.333. The Hall–Kier alpha value is -1.03. The van der Waals surface area contributed by atoms with Crippen molar-refractivity contribution in [2.24, 2.45) is 0 Å². The van der Waals surface area contributed by atoms with Gasteiger partial charge in [-0.3, -0.25) is 9.78 Å². The highest BCUT2D eigenvalue weighted by Crippen LogP contribution is 2.26. The minimum Gasteiger partial charge on any atom is -0.298 e. The van der Waals surface area contributed by atoms with Gasteiger partial charge in [0.15, 0.2) is 6.29 Å². The Bertz CT molecular complexity index is 355. The van der Waals surface area contributed by atoms with E-state index in [1.165, 1.54) is 13.1 Å². The van der Waals surface area contributed by atoms with Crippen molar-refractivity contribution < 1.29 is 13.6 Å². The zero-order valence-corrected chi connectivity index (χ0v) is 8.18. The summed E-state index contributed by atoms with van der Waals surface area (Å²) in [5.74, 6) is 0.00106. The first-order valence-electron chi connectivity index (χ1n) is 3.89. The number of aldehydes is 1. The summed E-state index contributed by atoms with van der Waals surface area (Å²) in [6, 6.07) is 0. The largest absolute Gasteiger partial charge is 0.298 e. The second-order valence-corrected chi connectivity index (χ2v) is 3.02. The predicted octanol–water partition coefficient (Wildman–Crippen LogP) is 2.88. The Morgan fingerprint density at radius 3 is 2.71 bits per heavy atom. The molecule has 0 spiro atoms. The maximum Gasteiger partial charge on any atom is 0.266 e. The van der Waals surface area contributed by atoms with Gasteiger partial charge in [0.25, 0.3) is 6.43 Å². The van der Waals surface area contributed by atoms with Crippen LogP contribution in [0.2, 0.25) is 0 Å². The Morgan fingerprint density at radius 2 is 2.29 bits per heavy atom. The van der Waals surface area contributed by atoms with Crippen LogP contribution in [0.1, 0.15) is 33.6 Å². The molecule has 0 aliphatic rings. The lowest BCUT2D eigenvalue weighted by atomic mass is 10.0. The summed E-state index contributed by atoms with van der Waals surface area (Å²) in [6.45, 7) is 1.44. The Kier molecular flexibility index (Phi) is 3.52. The zero-order valence-electron chi connectivity index (χ0n) is 7.43. The first-order valence-corrected chi connectivity index (χ1v) is 4.43. The first-order chi connectivity index (χ1) is 6.61. The lowest BCUT2D eigenvalue weighted by Gasteiger charge is -2.09. The van der Waals surface area contributed by atoms with Gasteiger partial charge in [-0.1, -0.05) is 0 Å². The van der Waals surface area contributed by atoms with Crippen LogP contribution in [-0.4, -0.2) is 11.3 Å². The highest BCUT2D eigenvalue weighted by molar-refractivity contribution is 6.17. The molecule has 1 aromatic rings. The van der Waals surface area contributed by atoms with Gasteiger partial charge in [-0.15, -0.1) is 11.6 Å². The molecule has 1 rings (SSSR count). The van der Waals surface area contributed by atoms with Crippen molar-refractivity contribution in [2.45, 2.75) is 19.2 Å². The quantitative estimate of drug-likeness (QED) is 0.578. The molecule has 0 aromatic carbocycles. The average Bonchev–Trinajstić information content (AvgIpc) is 2.16. The highest BCUT2D eigenvalue weighted by Gasteiger charge is 2.19. The molecule has 0 N–H and O–H groups in total. The number of alkyl halides is 3. The molecular formula is C9H8ClF2NO. The number of carbonyl (C=O) groups is 1. The number of halogens is 3. The van der Waals surface area contributed by atoms with Crippen LogP contribution < -0.4 is 0 Å². The summed E-state index contributed by atoms with van der Waals surface area (Å²) < 4.78 is 25.1. The molecule has 0 aliphatic carbocycles. The van der Waals surface area contributed by atoms with Crippen molar-refractivity contribution in [3.8, 4) is 0 Å². The number of pyridine rings is 1. The summed E-state index contributed by atoms with van der Waals surface area (Å²) >= 11 is 5.50. The van der Waals surface area contributed by atoms with Crippen LogP contribution in [0.4, 0.5) is 8.78 Å². The third-order valence-electron chi connectivity index (χ3n) is 1.92. The maximum absolute atomic E-state index is 12.5. The van der Waals surface area contributed by atoms with E-state index in [9.17, 15) is 13.6 Å². The van der Waals surface area contributed by atoms with Crippen LogP contribution in [0.25, 0.3) is 0 Å². The van der Waals surface area contributed by atoms with Gasteiger partial charge in [0.1, 0.15) is 0 Å². The van der Waals surface area contributed by atoms with Crippen LogP contribution >= 0.6 is 11.6 Å². The number of hydrogen-bond acceptors (Lipinski definition) is 2. The molecule has 0 radical (unpaired) electrons. The summed E-state index contributed by atoms with van der Waals surface area (Å²) in [5, 5.41) is 0. The molecule has 0 unspecified atom stereocenters. The summed E-state index contributed by atoms with van der Waals surface area (Å²) in [7, 11) is 0. The third-order valence-corrected chi connectivity index (χ3v) is 2.21. The van der Waals surface area contributed by atoms with E-state index < -0.39 is 6.43 Å². The number of rotatable bonds is 3. The van der Waals surface area contributed by atoms with Crippen molar-refractivity contribution in [2.75, 3.05) is 0 Å². The monoisotopic (exact) mass is 219 g/mol. The van der Waals surface area contributed by atoms with Crippen LogP contribution in [-0.2, 0) is 5.88 Å². The third kappa shape index (κ3) is 1.90. The number of carbonyl (C=O) groups excluding carboxylic acids is 1. The van der Waals surface area contributed by atoms with Gasteiger partial charge in [0.2, 0.25) is 0 Å². The second kappa shape index (κ2) is 4.46. The molecule has 76 valence electrons. The summed E-state index contributed by atoms with van der Waals surface area (Å²) in [4.78, 5) is 14.4. The van der Waals surface area contributed by atoms with E-state index in [1.54, 1.807) is 0 Å². The number of aryl methyl sites for hydroxylation is 1. The summed E-state index contributed by atoms with van der Waals surface area (Å²) in [6.07, 6.45) is -0.961. The van der Waals surface area contributed by atoms with E-state index in [2.05, 4.69) is 4.98 Å². The molecule has 0 fully saturated rings. The topological polar surface area (TPSA) is 30.0 Å². The molecule has 0 bridgehead atoms. The van der Waals surface area contributed by atoms with Crippen LogP contribution in [0.15, 0.2) is 6.20 Å². The van der Waals surface area contributed by atoms with Gasteiger partial charge in [-0.25, -0.2) is 8.78 Å². The van der Waals surface area contributed by atoms with Crippen LogP contribution in [0.3, 0.4) is 0 Å². The van der Waals surface area contributed by atoms with Crippen molar-refractivity contribution in [1.82, 2.24) is 4.98 Å². The first kappa shape index (κ1) is 11.0. The Labute approximate surface area is 84.9 Å². The van der Waals surface area contributed by atoms with Crippen molar-refractivity contribution >= 4 is 17.9 Å². The lowest BCUT2D eigenvalue weighted by Crippen LogP contribution is -2.03. The minimum absolute atomic E-state index is 0.00106. The summed E-state index contributed by atoms with van der Waals surface area (Å²) in [5.41, 5.74) is 0.138. The highest BCUT2D eigenvalue weighted by atomic mass is 35.5. The van der Waals surface area contributed by atoms with E-state index >= 15 is 0 Å². The molecule has 0 aliphatic heterocycles. The van der Waals surface area contributed by atoms with E-state index in [1.807, 2.05) is 0 Å². The number of aromatic nitrogens is 1. The maximum atomic E-state index is 12.5. The molecule has 1 aromatic heterocycles. The van der Waals surface area contributed by atoms with Gasteiger partial charge in [0.05, 0.1) is 0 Å². The predicted molar refractivity (Wildman–Crippen MR) is 48.9 cm³/mol. The molecule has 0 amide bonds. The second-order valence-electron chi connectivity index (χ2n) is 2.75. The number of nitrogens with zero attached hydrogens (tertiary/aromatic N) is 1. The number of hydrogen-bond donors (Lipinski definition) is 0. The molecule has 0 saturated carbocycles. The van der Waals surface area contributed by atoms with Gasteiger partial charge < -0.3 is 0 Å². The molecule has 1 heterocycles. The van der Waals surface area contributed by atoms with Gasteiger partial charge in [-0.2, -0.15) is 0 Å². The molecule has 5 heteroatoms. The molecular weight excluding hydrogens is 212 g/mol.